The van der Waals surface area contributed by atoms with Gasteiger partial charge in [0.1, 0.15) is 0 Å². The molecule has 2 rings (SSSR count). The molecule has 0 amide bonds. The third kappa shape index (κ3) is 2.34. The molecule has 0 spiro atoms. The molecule has 3 heteroatoms. The van der Waals surface area contributed by atoms with Crippen molar-refractivity contribution in [1.29, 1.82) is 0 Å². The van der Waals surface area contributed by atoms with Crippen LogP contribution in [0.15, 0.2) is 30.5 Å². The smallest absolute Gasteiger partial charge is 0.0749 e. The number of halogens is 1. The number of aromatic nitrogens is 1. The third-order valence-electron chi connectivity index (χ3n) is 2.43. The predicted molar refractivity (Wildman–Crippen MR) is 66.8 cm³/mol. The van der Waals surface area contributed by atoms with E-state index in [1.54, 1.807) is 20.0 Å². The Morgan fingerprint density at radius 1 is 1.31 bits per heavy atom. The van der Waals surface area contributed by atoms with Crippen molar-refractivity contribution in [2.24, 2.45) is 0 Å². The Kier molecular flexibility index (Phi) is 2.87. The van der Waals surface area contributed by atoms with E-state index in [-0.39, 0.29) is 0 Å². The first-order valence-electron chi connectivity index (χ1n) is 5.22. The van der Waals surface area contributed by atoms with Gasteiger partial charge in [-0.25, -0.2) is 0 Å². The molecular formula is C13H14ClNO. The number of hydrogen-bond donors (Lipinski definition) is 1. The van der Waals surface area contributed by atoms with Crippen LogP contribution in [0.3, 0.4) is 0 Å². The predicted octanol–water partition coefficient (Wildman–Crippen LogP) is 3.20. The SMILES string of the molecule is CC(C)(O)Cc1c(Cl)ccc2cccnc12. The summed E-state index contributed by atoms with van der Waals surface area (Å²) in [7, 11) is 0. The summed E-state index contributed by atoms with van der Waals surface area (Å²) in [6.45, 7) is 3.54. The summed E-state index contributed by atoms with van der Waals surface area (Å²) < 4.78 is 0. The maximum absolute atomic E-state index is 9.87. The van der Waals surface area contributed by atoms with Gasteiger partial charge >= 0.3 is 0 Å². The lowest BCUT2D eigenvalue weighted by atomic mass is 9.96. The molecule has 1 aromatic carbocycles. The summed E-state index contributed by atoms with van der Waals surface area (Å²) in [6.07, 6.45) is 2.24. The summed E-state index contributed by atoms with van der Waals surface area (Å²) in [5.41, 5.74) is 1.000. The van der Waals surface area contributed by atoms with Gasteiger partial charge in [0.25, 0.3) is 0 Å². The van der Waals surface area contributed by atoms with E-state index in [1.165, 1.54) is 0 Å². The Balaban J connectivity index is 2.62. The molecule has 1 heterocycles. The van der Waals surface area contributed by atoms with Crippen LogP contribution >= 0.6 is 11.6 Å². The highest BCUT2D eigenvalue weighted by Crippen LogP contribution is 2.27. The number of rotatable bonds is 2. The first kappa shape index (κ1) is 11.4. The largest absolute Gasteiger partial charge is 0.390 e. The zero-order valence-electron chi connectivity index (χ0n) is 9.37. The minimum atomic E-state index is -0.782. The Labute approximate surface area is 99.9 Å². The molecule has 0 atom stereocenters. The normalized spacial score (nSPS) is 12.0. The van der Waals surface area contributed by atoms with Crippen LogP contribution in [0.25, 0.3) is 10.9 Å². The van der Waals surface area contributed by atoms with E-state index in [4.69, 9.17) is 11.6 Å². The van der Waals surface area contributed by atoms with E-state index in [2.05, 4.69) is 4.98 Å². The standard InChI is InChI=1S/C13H14ClNO/c1-13(2,16)8-10-11(14)6-5-9-4-3-7-15-12(9)10/h3-7,16H,8H2,1-2H3. The number of pyridine rings is 1. The van der Waals surface area contributed by atoms with Crippen molar-refractivity contribution in [3.63, 3.8) is 0 Å². The quantitative estimate of drug-likeness (QED) is 0.867. The molecule has 0 unspecified atom stereocenters. The fourth-order valence-corrected chi connectivity index (χ4v) is 2.00. The zero-order chi connectivity index (χ0) is 11.8. The van der Waals surface area contributed by atoms with E-state index in [9.17, 15) is 5.11 Å². The van der Waals surface area contributed by atoms with E-state index in [0.29, 0.717) is 11.4 Å². The molecule has 0 bridgehead atoms. The summed E-state index contributed by atoms with van der Waals surface area (Å²) >= 11 is 6.16. The molecule has 0 fully saturated rings. The lowest BCUT2D eigenvalue weighted by Crippen LogP contribution is -2.22. The lowest BCUT2D eigenvalue weighted by Gasteiger charge is -2.18. The first-order valence-corrected chi connectivity index (χ1v) is 5.60. The highest BCUT2D eigenvalue weighted by Gasteiger charge is 2.18. The number of aliphatic hydroxyl groups is 1. The minimum absolute atomic E-state index is 0.500. The zero-order valence-corrected chi connectivity index (χ0v) is 10.1. The van der Waals surface area contributed by atoms with Gasteiger partial charge < -0.3 is 5.11 Å². The Morgan fingerprint density at radius 3 is 2.75 bits per heavy atom. The van der Waals surface area contributed by atoms with Crippen LogP contribution in [0.4, 0.5) is 0 Å². The molecule has 0 aliphatic heterocycles. The fraction of sp³-hybridized carbons (Fsp3) is 0.308. The van der Waals surface area contributed by atoms with Crippen molar-refractivity contribution in [3.8, 4) is 0 Å². The molecule has 0 saturated carbocycles. The van der Waals surface area contributed by atoms with Gasteiger partial charge in [-0.2, -0.15) is 0 Å². The molecule has 1 N–H and O–H groups in total. The van der Waals surface area contributed by atoms with Crippen molar-refractivity contribution in [2.45, 2.75) is 25.9 Å². The van der Waals surface area contributed by atoms with E-state index in [0.717, 1.165) is 16.5 Å². The Morgan fingerprint density at radius 2 is 2.06 bits per heavy atom. The van der Waals surface area contributed by atoms with Gasteiger partial charge in [0, 0.05) is 23.0 Å². The lowest BCUT2D eigenvalue weighted by molar-refractivity contribution is 0.0813. The Hall–Kier alpha value is -1.12. The third-order valence-corrected chi connectivity index (χ3v) is 2.79. The second kappa shape index (κ2) is 4.04. The maximum Gasteiger partial charge on any atom is 0.0749 e. The second-order valence-electron chi connectivity index (χ2n) is 4.59. The van der Waals surface area contributed by atoms with Gasteiger partial charge in [0.15, 0.2) is 0 Å². The number of nitrogens with zero attached hydrogens (tertiary/aromatic N) is 1. The number of hydrogen-bond acceptors (Lipinski definition) is 2. The molecule has 0 aliphatic carbocycles. The van der Waals surface area contributed by atoms with E-state index >= 15 is 0 Å². The van der Waals surface area contributed by atoms with Crippen LogP contribution < -0.4 is 0 Å². The molecule has 0 saturated heterocycles. The molecule has 84 valence electrons. The van der Waals surface area contributed by atoms with Crippen LogP contribution in [0.1, 0.15) is 19.4 Å². The summed E-state index contributed by atoms with van der Waals surface area (Å²) in [5, 5.41) is 11.6. The van der Waals surface area contributed by atoms with Gasteiger partial charge in [0.2, 0.25) is 0 Å². The van der Waals surface area contributed by atoms with Gasteiger partial charge in [-0.15, -0.1) is 0 Å². The highest BCUT2D eigenvalue weighted by molar-refractivity contribution is 6.32. The van der Waals surface area contributed by atoms with Crippen LogP contribution in [0, 0.1) is 0 Å². The molecule has 1 aromatic heterocycles. The monoisotopic (exact) mass is 235 g/mol. The Bertz CT molecular complexity index is 517. The van der Waals surface area contributed by atoms with Gasteiger partial charge in [-0.1, -0.05) is 23.7 Å². The molecule has 2 nitrogen and oxygen atoms in total. The number of fused-ring (bicyclic) bond motifs is 1. The van der Waals surface area contributed by atoms with E-state index in [1.807, 2.05) is 24.3 Å². The van der Waals surface area contributed by atoms with Crippen molar-refractivity contribution in [1.82, 2.24) is 4.98 Å². The van der Waals surface area contributed by atoms with Crippen molar-refractivity contribution in [3.05, 3.63) is 41.0 Å². The first-order chi connectivity index (χ1) is 7.47. The number of benzene rings is 1. The molecule has 2 aromatic rings. The van der Waals surface area contributed by atoms with Gasteiger partial charge in [-0.3, -0.25) is 4.98 Å². The van der Waals surface area contributed by atoms with Crippen molar-refractivity contribution < 1.29 is 5.11 Å². The fourth-order valence-electron chi connectivity index (χ4n) is 1.78. The van der Waals surface area contributed by atoms with Crippen LogP contribution in [0.5, 0.6) is 0 Å². The van der Waals surface area contributed by atoms with Crippen LogP contribution in [-0.2, 0) is 6.42 Å². The second-order valence-corrected chi connectivity index (χ2v) is 5.00. The van der Waals surface area contributed by atoms with Crippen LogP contribution in [-0.4, -0.2) is 15.7 Å². The van der Waals surface area contributed by atoms with Crippen LogP contribution in [0.2, 0.25) is 5.02 Å². The summed E-state index contributed by atoms with van der Waals surface area (Å²) in [5.74, 6) is 0. The van der Waals surface area contributed by atoms with Crippen molar-refractivity contribution >= 4 is 22.5 Å². The minimum Gasteiger partial charge on any atom is -0.390 e. The van der Waals surface area contributed by atoms with Gasteiger partial charge in [0.05, 0.1) is 11.1 Å². The van der Waals surface area contributed by atoms with E-state index < -0.39 is 5.60 Å². The maximum atomic E-state index is 9.87. The molecule has 16 heavy (non-hydrogen) atoms. The average Bonchev–Trinajstić information content (AvgIpc) is 2.21. The van der Waals surface area contributed by atoms with Gasteiger partial charge in [-0.05, 0) is 31.5 Å². The molecule has 0 aliphatic rings. The summed E-state index contributed by atoms with van der Waals surface area (Å²) in [4.78, 5) is 4.33. The topological polar surface area (TPSA) is 33.1 Å². The highest BCUT2D eigenvalue weighted by atomic mass is 35.5. The average molecular weight is 236 g/mol. The molecular weight excluding hydrogens is 222 g/mol. The summed E-state index contributed by atoms with van der Waals surface area (Å²) in [6, 6.07) is 7.68. The molecule has 0 radical (unpaired) electrons. The van der Waals surface area contributed by atoms with Crippen molar-refractivity contribution in [2.75, 3.05) is 0 Å².